The molecule has 1 aliphatic heterocycles. The van der Waals surface area contributed by atoms with Crippen LogP contribution in [0.25, 0.3) is 0 Å². The lowest BCUT2D eigenvalue weighted by Gasteiger charge is -2.28. The van der Waals surface area contributed by atoms with E-state index in [1.807, 2.05) is 17.9 Å². The number of piperazine rings is 1. The van der Waals surface area contributed by atoms with Crippen LogP contribution in [0.3, 0.4) is 0 Å². The van der Waals surface area contributed by atoms with Crippen molar-refractivity contribution in [1.29, 1.82) is 0 Å². The fraction of sp³-hybridized carbons (Fsp3) is 0.611. The zero-order chi connectivity index (χ0) is 17.0. The van der Waals surface area contributed by atoms with Gasteiger partial charge in [-0.2, -0.15) is 0 Å². The van der Waals surface area contributed by atoms with Crippen LogP contribution in [0, 0.1) is 6.92 Å². The lowest BCUT2D eigenvalue weighted by atomic mass is 9.86. The maximum absolute atomic E-state index is 11.3. The predicted molar refractivity (Wildman–Crippen MR) is 90.8 cm³/mol. The van der Waals surface area contributed by atoms with Crippen LogP contribution in [0.2, 0.25) is 0 Å². The third kappa shape index (κ3) is 5.22. The predicted octanol–water partition coefficient (Wildman–Crippen LogP) is 1.46. The van der Waals surface area contributed by atoms with Gasteiger partial charge >= 0.3 is 0 Å². The molecule has 0 aromatic heterocycles. The SMILES string of the molecule is Cc1cc(C(C)(C)C)ccc1OCC(O)CN1CCNC(=O)C1. The van der Waals surface area contributed by atoms with Crippen LogP contribution < -0.4 is 10.1 Å². The molecule has 2 N–H and O–H groups in total. The molecule has 1 atom stereocenters. The van der Waals surface area contributed by atoms with E-state index in [9.17, 15) is 9.90 Å². The highest BCUT2D eigenvalue weighted by atomic mass is 16.5. The van der Waals surface area contributed by atoms with Crippen LogP contribution in [0.5, 0.6) is 5.75 Å². The van der Waals surface area contributed by atoms with E-state index in [1.165, 1.54) is 5.56 Å². The molecule has 1 aromatic rings. The molecule has 2 rings (SSSR count). The van der Waals surface area contributed by atoms with E-state index < -0.39 is 6.10 Å². The Balaban J connectivity index is 1.86. The highest BCUT2D eigenvalue weighted by Gasteiger charge is 2.19. The summed E-state index contributed by atoms with van der Waals surface area (Å²) in [4.78, 5) is 13.3. The molecular formula is C18H28N2O3. The zero-order valence-electron chi connectivity index (χ0n) is 14.6. The van der Waals surface area contributed by atoms with Gasteiger partial charge in [0, 0.05) is 19.6 Å². The van der Waals surface area contributed by atoms with E-state index >= 15 is 0 Å². The number of aryl methyl sites for hydroxylation is 1. The monoisotopic (exact) mass is 320 g/mol. The fourth-order valence-corrected chi connectivity index (χ4v) is 2.66. The Bertz CT molecular complexity index is 552. The molecule has 1 unspecified atom stereocenters. The number of rotatable bonds is 5. The van der Waals surface area contributed by atoms with Gasteiger partial charge in [0.15, 0.2) is 0 Å². The first-order valence-electron chi connectivity index (χ1n) is 8.17. The van der Waals surface area contributed by atoms with E-state index in [1.54, 1.807) is 0 Å². The highest BCUT2D eigenvalue weighted by molar-refractivity contribution is 5.78. The van der Waals surface area contributed by atoms with Gasteiger partial charge in [0.1, 0.15) is 18.5 Å². The Labute approximate surface area is 138 Å². The molecule has 0 bridgehead atoms. The van der Waals surface area contributed by atoms with E-state index in [-0.39, 0.29) is 17.9 Å². The number of nitrogens with zero attached hydrogens (tertiary/aromatic N) is 1. The third-order valence-electron chi connectivity index (χ3n) is 4.06. The first-order valence-corrected chi connectivity index (χ1v) is 8.17. The van der Waals surface area contributed by atoms with Gasteiger partial charge in [-0.25, -0.2) is 0 Å². The first kappa shape index (κ1) is 17.8. The number of ether oxygens (including phenoxy) is 1. The number of carbonyl (C=O) groups is 1. The molecule has 5 heteroatoms. The summed E-state index contributed by atoms with van der Waals surface area (Å²) in [5.41, 5.74) is 2.45. The largest absolute Gasteiger partial charge is 0.491 e. The van der Waals surface area contributed by atoms with Crippen LogP contribution in [-0.2, 0) is 10.2 Å². The number of hydrogen-bond acceptors (Lipinski definition) is 4. The van der Waals surface area contributed by atoms with Crippen molar-refractivity contribution in [2.45, 2.75) is 39.2 Å². The number of aliphatic hydroxyl groups is 1. The maximum Gasteiger partial charge on any atom is 0.234 e. The number of amides is 1. The first-order chi connectivity index (χ1) is 10.8. The number of hydrogen-bond donors (Lipinski definition) is 2. The summed E-state index contributed by atoms with van der Waals surface area (Å²) in [7, 11) is 0. The molecule has 1 heterocycles. The summed E-state index contributed by atoms with van der Waals surface area (Å²) in [6.45, 7) is 11.0. The van der Waals surface area contributed by atoms with Crippen molar-refractivity contribution < 1.29 is 14.6 Å². The molecule has 128 valence electrons. The van der Waals surface area contributed by atoms with E-state index in [0.717, 1.165) is 17.9 Å². The molecule has 0 spiro atoms. The zero-order valence-corrected chi connectivity index (χ0v) is 14.6. The lowest BCUT2D eigenvalue weighted by molar-refractivity contribution is -0.124. The van der Waals surface area contributed by atoms with Gasteiger partial charge in [-0.1, -0.05) is 32.9 Å². The minimum Gasteiger partial charge on any atom is -0.491 e. The third-order valence-corrected chi connectivity index (χ3v) is 4.06. The second-order valence-electron chi connectivity index (χ2n) is 7.28. The quantitative estimate of drug-likeness (QED) is 0.862. The summed E-state index contributed by atoms with van der Waals surface area (Å²) in [5, 5.41) is 12.9. The second kappa shape index (κ2) is 7.32. The van der Waals surface area contributed by atoms with Crippen LogP contribution >= 0.6 is 0 Å². The van der Waals surface area contributed by atoms with E-state index in [2.05, 4.69) is 38.2 Å². The van der Waals surface area contributed by atoms with Crippen LogP contribution in [0.1, 0.15) is 31.9 Å². The van der Waals surface area contributed by atoms with Gasteiger partial charge in [-0.3, -0.25) is 9.69 Å². The van der Waals surface area contributed by atoms with Crippen molar-refractivity contribution >= 4 is 5.91 Å². The molecule has 23 heavy (non-hydrogen) atoms. The molecule has 0 aliphatic carbocycles. The summed E-state index contributed by atoms with van der Waals surface area (Å²) in [6, 6.07) is 6.18. The van der Waals surface area contributed by atoms with Gasteiger partial charge in [-0.15, -0.1) is 0 Å². The lowest BCUT2D eigenvalue weighted by Crippen LogP contribution is -2.50. The van der Waals surface area contributed by atoms with Gasteiger partial charge in [0.25, 0.3) is 0 Å². The van der Waals surface area contributed by atoms with Crippen molar-refractivity contribution in [2.24, 2.45) is 0 Å². The maximum atomic E-state index is 11.3. The van der Waals surface area contributed by atoms with Crippen molar-refractivity contribution in [3.05, 3.63) is 29.3 Å². The topological polar surface area (TPSA) is 61.8 Å². The number of benzene rings is 1. The average Bonchev–Trinajstić information content (AvgIpc) is 2.45. The van der Waals surface area contributed by atoms with Crippen molar-refractivity contribution in [1.82, 2.24) is 10.2 Å². The molecule has 1 aromatic carbocycles. The highest BCUT2D eigenvalue weighted by Crippen LogP contribution is 2.27. The summed E-state index contributed by atoms with van der Waals surface area (Å²) in [6.07, 6.45) is -0.609. The van der Waals surface area contributed by atoms with E-state index in [0.29, 0.717) is 19.6 Å². The number of carbonyl (C=O) groups excluding carboxylic acids is 1. The van der Waals surface area contributed by atoms with Crippen LogP contribution in [-0.4, -0.2) is 54.8 Å². The Morgan fingerprint density at radius 3 is 2.74 bits per heavy atom. The Morgan fingerprint density at radius 1 is 1.39 bits per heavy atom. The molecule has 1 amide bonds. The molecule has 0 radical (unpaired) electrons. The van der Waals surface area contributed by atoms with Gasteiger partial charge in [0.05, 0.1) is 6.54 Å². The second-order valence-corrected chi connectivity index (χ2v) is 7.28. The molecule has 5 nitrogen and oxygen atoms in total. The molecule has 1 aliphatic rings. The molecule has 0 saturated carbocycles. The van der Waals surface area contributed by atoms with Crippen molar-refractivity contribution in [2.75, 3.05) is 32.8 Å². The molecular weight excluding hydrogens is 292 g/mol. The molecule has 1 fully saturated rings. The summed E-state index contributed by atoms with van der Waals surface area (Å²) < 4.78 is 5.76. The minimum absolute atomic E-state index is 0.0120. The number of β-amino-alcohol motifs (C(OH)–C–C–N with tert-alkyl or cyclic N) is 1. The van der Waals surface area contributed by atoms with Crippen LogP contribution in [0.4, 0.5) is 0 Å². The normalized spacial score (nSPS) is 17.7. The fourth-order valence-electron chi connectivity index (χ4n) is 2.66. The summed E-state index contributed by atoms with van der Waals surface area (Å²) >= 11 is 0. The molecule has 1 saturated heterocycles. The standard InChI is InChI=1S/C18H28N2O3/c1-13-9-14(18(2,3)4)5-6-16(13)23-12-15(21)10-20-8-7-19-17(22)11-20/h5-6,9,15,21H,7-8,10-12H2,1-4H3,(H,19,22). The van der Waals surface area contributed by atoms with Crippen LogP contribution in [0.15, 0.2) is 18.2 Å². The van der Waals surface area contributed by atoms with Gasteiger partial charge in [-0.05, 0) is 29.5 Å². The Morgan fingerprint density at radius 2 is 2.13 bits per heavy atom. The summed E-state index contributed by atoms with van der Waals surface area (Å²) in [5.74, 6) is 0.811. The van der Waals surface area contributed by atoms with Crippen molar-refractivity contribution in [3.63, 3.8) is 0 Å². The number of aliphatic hydroxyl groups excluding tert-OH is 1. The average molecular weight is 320 g/mol. The van der Waals surface area contributed by atoms with Gasteiger partial charge < -0.3 is 15.2 Å². The smallest absolute Gasteiger partial charge is 0.234 e. The Kier molecular flexibility index (Phi) is 5.65. The minimum atomic E-state index is -0.609. The number of nitrogens with one attached hydrogen (secondary N) is 1. The Hall–Kier alpha value is -1.59. The van der Waals surface area contributed by atoms with E-state index in [4.69, 9.17) is 4.74 Å². The van der Waals surface area contributed by atoms with Gasteiger partial charge in [0.2, 0.25) is 5.91 Å². The van der Waals surface area contributed by atoms with Crippen molar-refractivity contribution in [3.8, 4) is 5.75 Å².